The van der Waals surface area contributed by atoms with Gasteiger partial charge in [-0.1, -0.05) is 37.6 Å². The van der Waals surface area contributed by atoms with Gasteiger partial charge in [0.05, 0.1) is 5.41 Å². The summed E-state index contributed by atoms with van der Waals surface area (Å²) in [6, 6.07) is 12.4. The standard InChI is InChI=1S/C26H33N3O2/c1-2-14-28-25(31)26(12-17-29(18-13-26)24(30)21-7-5-8-21)19-22-6-3-4-9-23(22)20-10-15-27-16-11-20/h3-4,6,9-11,15-16,21H,2,5,7-8,12-14,17-19H2,1H3,(H,28,31). The van der Waals surface area contributed by atoms with Gasteiger partial charge in [-0.3, -0.25) is 14.6 Å². The van der Waals surface area contributed by atoms with Crippen molar-refractivity contribution in [2.45, 2.75) is 51.9 Å². The Labute approximate surface area is 185 Å². The van der Waals surface area contributed by atoms with E-state index in [0.29, 0.717) is 44.8 Å². The van der Waals surface area contributed by atoms with Gasteiger partial charge in [-0.15, -0.1) is 0 Å². The quantitative estimate of drug-likeness (QED) is 0.731. The summed E-state index contributed by atoms with van der Waals surface area (Å²) in [7, 11) is 0. The number of likely N-dealkylation sites (tertiary alicyclic amines) is 1. The van der Waals surface area contributed by atoms with E-state index in [9.17, 15) is 9.59 Å². The summed E-state index contributed by atoms with van der Waals surface area (Å²) in [6.07, 6.45) is 9.86. The summed E-state index contributed by atoms with van der Waals surface area (Å²) in [5.74, 6) is 0.648. The van der Waals surface area contributed by atoms with Gasteiger partial charge in [0.2, 0.25) is 11.8 Å². The Kier molecular flexibility index (Phi) is 6.69. The first kappa shape index (κ1) is 21.5. The normalized spacial score (nSPS) is 18.3. The van der Waals surface area contributed by atoms with Crippen LogP contribution in [0.4, 0.5) is 0 Å². The number of amides is 2. The van der Waals surface area contributed by atoms with Crippen LogP contribution >= 0.6 is 0 Å². The Bertz CT molecular complexity index is 900. The molecular weight excluding hydrogens is 386 g/mol. The molecule has 1 N–H and O–H groups in total. The zero-order chi connectivity index (χ0) is 21.7. The number of benzene rings is 1. The van der Waals surface area contributed by atoms with E-state index >= 15 is 0 Å². The van der Waals surface area contributed by atoms with E-state index in [2.05, 4.69) is 29.4 Å². The van der Waals surface area contributed by atoms with Crippen molar-refractivity contribution in [3.63, 3.8) is 0 Å². The summed E-state index contributed by atoms with van der Waals surface area (Å²) < 4.78 is 0. The van der Waals surface area contributed by atoms with Gasteiger partial charge in [-0.2, -0.15) is 0 Å². The Hall–Kier alpha value is -2.69. The highest BCUT2D eigenvalue weighted by atomic mass is 16.2. The number of piperidine rings is 1. The van der Waals surface area contributed by atoms with E-state index in [-0.39, 0.29) is 11.8 Å². The van der Waals surface area contributed by atoms with Crippen molar-refractivity contribution in [2.75, 3.05) is 19.6 Å². The summed E-state index contributed by atoms with van der Waals surface area (Å²) in [5.41, 5.74) is 2.97. The molecule has 164 valence electrons. The lowest BCUT2D eigenvalue weighted by Gasteiger charge is -2.43. The van der Waals surface area contributed by atoms with Crippen LogP contribution in [-0.2, 0) is 16.0 Å². The van der Waals surface area contributed by atoms with Crippen LogP contribution in [0, 0.1) is 11.3 Å². The molecule has 2 fully saturated rings. The Balaban J connectivity index is 1.57. The van der Waals surface area contributed by atoms with Crippen molar-refractivity contribution in [1.29, 1.82) is 0 Å². The Morgan fingerprint density at radius 3 is 2.45 bits per heavy atom. The molecule has 1 aromatic heterocycles. The smallest absolute Gasteiger partial charge is 0.226 e. The van der Waals surface area contributed by atoms with Gasteiger partial charge < -0.3 is 10.2 Å². The lowest BCUT2D eigenvalue weighted by atomic mass is 9.71. The molecule has 5 heteroatoms. The maximum atomic E-state index is 13.4. The van der Waals surface area contributed by atoms with Gasteiger partial charge in [0.1, 0.15) is 0 Å². The van der Waals surface area contributed by atoms with Crippen LogP contribution in [0.2, 0.25) is 0 Å². The predicted molar refractivity (Wildman–Crippen MR) is 122 cm³/mol. The van der Waals surface area contributed by atoms with Gasteiger partial charge in [0.15, 0.2) is 0 Å². The third-order valence-electron chi connectivity index (χ3n) is 7.04. The lowest BCUT2D eigenvalue weighted by Crippen LogP contribution is -2.52. The number of hydrogen-bond acceptors (Lipinski definition) is 3. The highest BCUT2D eigenvalue weighted by Crippen LogP contribution is 2.39. The molecule has 2 aliphatic rings. The number of rotatable bonds is 7. The second-order valence-electron chi connectivity index (χ2n) is 9.06. The maximum Gasteiger partial charge on any atom is 0.226 e. The minimum absolute atomic E-state index is 0.134. The first-order chi connectivity index (χ1) is 15.1. The number of nitrogens with zero attached hydrogens (tertiary/aromatic N) is 2. The van der Waals surface area contributed by atoms with Gasteiger partial charge in [-0.25, -0.2) is 0 Å². The molecule has 0 radical (unpaired) electrons. The van der Waals surface area contributed by atoms with Crippen molar-refractivity contribution >= 4 is 11.8 Å². The summed E-state index contributed by atoms with van der Waals surface area (Å²) in [6.45, 7) is 4.11. The molecule has 1 aliphatic carbocycles. The Morgan fingerprint density at radius 1 is 1.10 bits per heavy atom. The van der Waals surface area contributed by atoms with Crippen LogP contribution in [0.15, 0.2) is 48.8 Å². The van der Waals surface area contributed by atoms with E-state index in [4.69, 9.17) is 0 Å². The van der Waals surface area contributed by atoms with Crippen molar-refractivity contribution < 1.29 is 9.59 Å². The van der Waals surface area contributed by atoms with E-state index < -0.39 is 5.41 Å². The lowest BCUT2D eigenvalue weighted by molar-refractivity contribution is -0.145. The highest BCUT2D eigenvalue weighted by Gasteiger charge is 2.43. The average molecular weight is 420 g/mol. The van der Waals surface area contributed by atoms with E-state index in [1.807, 2.05) is 29.2 Å². The van der Waals surface area contributed by atoms with Crippen molar-refractivity contribution in [3.05, 3.63) is 54.4 Å². The second-order valence-corrected chi connectivity index (χ2v) is 9.06. The minimum Gasteiger partial charge on any atom is -0.356 e. The molecule has 2 amide bonds. The summed E-state index contributed by atoms with van der Waals surface area (Å²) in [4.78, 5) is 32.3. The van der Waals surface area contributed by atoms with Crippen molar-refractivity contribution in [1.82, 2.24) is 15.2 Å². The number of nitrogens with one attached hydrogen (secondary N) is 1. The van der Waals surface area contributed by atoms with E-state index in [0.717, 1.165) is 30.4 Å². The summed E-state index contributed by atoms with van der Waals surface area (Å²) in [5, 5.41) is 3.16. The molecule has 1 saturated heterocycles. The fraction of sp³-hybridized carbons (Fsp3) is 0.500. The number of aromatic nitrogens is 1. The molecule has 2 aromatic rings. The fourth-order valence-corrected chi connectivity index (χ4v) is 4.83. The molecule has 1 aliphatic heterocycles. The van der Waals surface area contributed by atoms with Crippen molar-refractivity contribution in [3.8, 4) is 11.1 Å². The fourth-order valence-electron chi connectivity index (χ4n) is 4.83. The molecule has 5 nitrogen and oxygen atoms in total. The van der Waals surface area contributed by atoms with Gasteiger partial charge in [-0.05, 0) is 67.3 Å². The minimum atomic E-state index is -0.477. The molecule has 0 spiro atoms. The van der Waals surface area contributed by atoms with Gasteiger partial charge in [0, 0.05) is 37.9 Å². The van der Waals surface area contributed by atoms with Crippen LogP contribution in [0.25, 0.3) is 11.1 Å². The summed E-state index contributed by atoms with van der Waals surface area (Å²) >= 11 is 0. The number of pyridine rings is 1. The van der Waals surface area contributed by atoms with Crippen molar-refractivity contribution in [2.24, 2.45) is 11.3 Å². The van der Waals surface area contributed by atoms with Crippen LogP contribution in [0.5, 0.6) is 0 Å². The molecule has 1 aromatic carbocycles. The SMILES string of the molecule is CCCNC(=O)C1(Cc2ccccc2-c2ccncc2)CCN(C(=O)C2CCC2)CC1. The third-order valence-corrected chi connectivity index (χ3v) is 7.04. The number of hydrogen-bond donors (Lipinski definition) is 1. The van der Waals surface area contributed by atoms with Crippen LogP contribution in [0.3, 0.4) is 0 Å². The third kappa shape index (κ3) is 4.65. The molecule has 1 saturated carbocycles. The Morgan fingerprint density at radius 2 is 1.81 bits per heavy atom. The molecule has 31 heavy (non-hydrogen) atoms. The molecule has 4 rings (SSSR count). The van der Waals surface area contributed by atoms with E-state index in [1.54, 1.807) is 12.4 Å². The predicted octanol–water partition coefficient (Wildman–Crippen LogP) is 4.23. The zero-order valence-electron chi connectivity index (χ0n) is 18.5. The molecule has 0 bridgehead atoms. The molecule has 0 unspecified atom stereocenters. The topological polar surface area (TPSA) is 62.3 Å². The monoisotopic (exact) mass is 419 g/mol. The first-order valence-electron chi connectivity index (χ1n) is 11.7. The molecule has 0 atom stereocenters. The van der Waals surface area contributed by atoms with Gasteiger partial charge in [0.25, 0.3) is 0 Å². The molecule has 2 heterocycles. The largest absolute Gasteiger partial charge is 0.356 e. The second kappa shape index (κ2) is 9.63. The number of carbonyl (C=O) groups is 2. The zero-order valence-corrected chi connectivity index (χ0v) is 18.5. The van der Waals surface area contributed by atoms with Crippen LogP contribution in [0.1, 0.15) is 51.0 Å². The van der Waals surface area contributed by atoms with Crippen LogP contribution < -0.4 is 5.32 Å². The first-order valence-corrected chi connectivity index (χ1v) is 11.7. The average Bonchev–Trinajstić information content (AvgIpc) is 2.77. The maximum absolute atomic E-state index is 13.4. The van der Waals surface area contributed by atoms with E-state index in [1.165, 1.54) is 12.0 Å². The van der Waals surface area contributed by atoms with Gasteiger partial charge >= 0.3 is 0 Å². The molecular formula is C26H33N3O2. The van der Waals surface area contributed by atoms with Crippen LogP contribution in [-0.4, -0.2) is 41.3 Å². The number of carbonyl (C=O) groups excluding carboxylic acids is 2. The highest BCUT2D eigenvalue weighted by molar-refractivity contribution is 5.85.